The maximum Gasteiger partial charge on any atom is 0.237 e. The molecular weight excluding hydrogens is 272 g/mol. The van der Waals surface area contributed by atoms with E-state index in [1.54, 1.807) is 11.3 Å². The number of likely N-dealkylation sites (tertiary alicyclic amines) is 1. The van der Waals surface area contributed by atoms with Crippen LogP contribution in [0.25, 0.3) is 0 Å². The highest BCUT2D eigenvalue weighted by molar-refractivity contribution is 7.10. The molecule has 0 bridgehead atoms. The van der Waals surface area contributed by atoms with Crippen LogP contribution in [0.3, 0.4) is 0 Å². The first-order valence-electron chi connectivity index (χ1n) is 7.46. The number of thiophene rings is 1. The summed E-state index contributed by atoms with van der Waals surface area (Å²) in [6.07, 6.45) is 4.30. The van der Waals surface area contributed by atoms with Gasteiger partial charge in [-0.15, -0.1) is 11.3 Å². The second kappa shape index (κ2) is 6.24. The molecule has 3 heterocycles. The molecule has 1 amide bonds. The number of piperidine rings is 1. The standard InChI is InChI=1S/C15H22N2O2S/c18-11-13-3-1-2-6-16(13)10-15(19)17-7-4-14-12(9-17)5-8-20-14/h5,8,13,18H,1-4,6-7,9-11H2. The molecule has 0 aliphatic carbocycles. The van der Waals surface area contributed by atoms with Gasteiger partial charge in [-0.1, -0.05) is 6.42 Å². The van der Waals surface area contributed by atoms with Crippen LogP contribution >= 0.6 is 11.3 Å². The Labute approximate surface area is 124 Å². The molecule has 0 radical (unpaired) electrons. The second-order valence-corrected chi connectivity index (χ2v) is 6.74. The predicted octanol–water partition coefficient (Wildman–Crippen LogP) is 1.48. The van der Waals surface area contributed by atoms with E-state index in [0.29, 0.717) is 6.54 Å². The minimum absolute atomic E-state index is 0.169. The van der Waals surface area contributed by atoms with Crippen molar-refractivity contribution in [1.29, 1.82) is 0 Å². The zero-order valence-corrected chi connectivity index (χ0v) is 12.6. The minimum Gasteiger partial charge on any atom is -0.395 e. The number of amides is 1. The Hall–Kier alpha value is -0.910. The Morgan fingerprint density at radius 2 is 2.30 bits per heavy atom. The van der Waals surface area contributed by atoms with E-state index in [9.17, 15) is 9.90 Å². The number of carbonyl (C=O) groups is 1. The lowest BCUT2D eigenvalue weighted by Gasteiger charge is -2.36. The molecule has 4 nitrogen and oxygen atoms in total. The van der Waals surface area contributed by atoms with Crippen molar-refractivity contribution >= 4 is 17.2 Å². The molecule has 0 aromatic carbocycles. The van der Waals surface area contributed by atoms with Crippen LogP contribution in [-0.2, 0) is 17.8 Å². The maximum atomic E-state index is 12.5. The summed E-state index contributed by atoms with van der Waals surface area (Å²) in [7, 11) is 0. The molecule has 2 aliphatic rings. The Morgan fingerprint density at radius 3 is 3.15 bits per heavy atom. The van der Waals surface area contributed by atoms with E-state index in [2.05, 4.69) is 16.3 Å². The molecule has 0 saturated carbocycles. The zero-order valence-electron chi connectivity index (χ0n) is 11.8. The summed E-state index contributed by atoms with van der Waals surface area (Å²) in [5.74, 6) is 0.210. The van der Waals surface area contributed by atoms with Crippen LogP contribution in [0.15, 0.2) is 11.4 Å². The summed E-state index contributed by atoms with van der Waals surface area (Å²) in [5, 5.41) is 11.5. The predicted molar refractivity (Wildman–Crippen MR) is 79.7 cm³/mol. The third kappa shape index (κ3) is 2.90. The molecule has 1 unspecified atom stereocenters. The minimum atomic E-state index is 0.169. The first kappa shape index (κ1) is 14.0. The highest BCUT2D eigenvalue weighted by atomic mass is 32.1. The van der Waals surface area contributed by atoms with Gasteiger partial charge in [0.05, 0.1) is 13.2 Å². The smallest absolute Gasteiger partial charge is 0.237 e. The number of hydrogen-bond donors (Lipinski definition) is 1. The van der Waals surface area contributed by atoms with Gasteiger partial charge in [0.25, 0.3) is 0 Å². The number of aliphatic hydroxyl groups is 1. The van der Waals surface area contributed by atoms with E-state index in [1.807, 2.05) is 4.90 Å². The normalized spacial score (nSPS) is 23.6. The molecule has 1 aromatic heterocycles. The number of aliphatic hydroxyl groups excluding tert-OH is 1. The van der Waals surface area contributed by atoms with Crippen LogP contribution in [0.2, 0.25) is 0 Å². The van der Waals surface area contributed by atoms with E-state index < -0.39 is 0 Å². The number of rotatable bonds is 3. The number of hydrogen-bond acceptors (Lipinski definition) is 4. The fourth-order valence-electron chi connectivity index (χ4n) is 3.21. The van der Waals surface area contributed by atoms with E-state index in [4.69, 9.17) is 0 Å². The summed E-state index contributed by atoms with van der Waals surface area (Å²) in [5.41, 5.74) is 1.31. The van der Waals surface area contributed by atoms with Gasteiger partial charge in [-0.3, -0.25) is 9.69 Å². The Bertz CT molecular complexity index is 474. The van der Waals surface area contributed by atoms with Crippen LogP contribution in [0.5, 0.6) is 0 Å². The van der Waals surface area contributed by atoms with Gasteiger partial charge in [0, 0.05) is 24.0 Å². The van der Waals surface area contributed by atoms with E-state index in [1.165, 1.54) is 10.4 Å². The largest absolute Gasteiger partial charge is 0.395 e. The van der Waals surface area contributed by atoms with Gasteiger partial charge < -0.3 is 10.0 Å². The van der Waals surface area contributed by atoms with E-state index in [0.717, 1.165) is 45.3 Å². The highest BCUT2D eigenvalue weighted by Crippen LogP contribution is 2.24. The zero-order chi connectivity index (χ0) is 13.9. The number of nitrogens with zero attached hydrogens (tertiary/aromatic N) is 2. The molecule has 5 heteroatoms. The lowest BCUT2D eigenvalue weighted by Crippen LogP contribution is -2.48. The van der Waals surface area contributed by atoms with Crippen molar-refractivity contribution in [3.8, 4) is 0 Å². The summed E-state index contributed by atoms with van der Waals surface area (Å²) < 4.78 is 0. The van der Waals surface area contributed by atoms with Crippen molar-refractivity contribution in [3.05, 3.63) is 21.9 Å². The van der Waals surface area contributed by atoms with Crippen LogP contribution in [0.1, 0.15) is 29.7 Å². The Morgan fingerprint density at radius 1 is 1.40 bits per heavy atom. The van der Waals surface area contributed by atoms with Crippen LogP contribution in [0.4, 0.5) is 0 Å². The second-order valence-electron chi connectivity index (χ2n) is 5.74. The molecule has 20 heavy (non-hydrogen) atoms. The van der Waals surface area contributed by atoms with Crippen LogP contribution in [-0.4, -0.2) is 53.1 Å². The molecule has 3 rings (SSSR count). The monoisotopic (exact) mass is 294 g/mol. The van der Waals surface area contributed by atoms with Crippen molar-refractivity contribution in [1.82, 2.24) is 9.80 Å². The quantitative estimate of drug-likeness (QED) is 0.918. The molecule has 1 atom stereocenters. The fourth-order valence-corrected chi connectivity index (χ4v) is 4.10. The third-order valence-electron chi connectivity index (χ3n) is 4.46. The first-order valence-corrected chi connectivity index (χ1v) is 8.34. The topological polar surface area (TPSA) is 43.8 Å². The number of carbonyl (C=O) groups excluding carboxylic acids is 1. The van der Waals surface area contributed by atoms with Gasteiger partial charge in [0.15, 0.2) is 0 Å². The van der Waals surface area contributed by atoms with Crippen LogP contribution < -0.4 is 0 Å². The summed E-state index contributed by atoms with van der Waals surface area (Å²) >= 11 is 1.80. The molecule has 0 spiro atoms. The molecule has 1 N–H and O–H groups in total. The van der Waals surface area contributed by atoms with Gasteiger partial charge in [-0.2, -0.15) is 0 Å². The maximum absolute atomic E-state index is 12.5. The van der Waals surface area contributed by atoms with Gasteiger partial charge in [-0.05, 0) is 42.8 Å². The van der Waals surface area contributed by atoms with Gasteiger partial charge in [-0.25, -0.2) is 0 Å². The highest BCUT2D eigenvalue weighted by Gasteiger charge is 2.27. The molecule has 2 aliphatic heterocycles. The number of fused-ring (bicyclic) bond motifs is 1. The van der Waals surface area contributed by atoms with E-state index in [-0.39, 0.29) is 18.6 Å². The molecule has 1 fully saturated rings. The molecule has 110 valence electrons. The average Bonchev–Trinajstić information content (AvgIpc) is 2.95. The van der Waals surface area contributed by atoms with Crippen molar-refractivity contribution in [2.75, 3.05) is 26.2 Å². The van der Waals surface area contributed by atoms with E-state index >= 15 is 0 Å². The lowest BCUT2D eigenvalue weighted by molar-refractivity contribution is -0.134. The van der Waals surface area contributed by atoms with Gasteiger partial charge in [0.1, 0.15) is 0 Å². The van der Waals surface area contributed by atoms with Gasteiger partial charge in [0.2, 0.25) is 5.91 Å². The fraction of sp³-hybridized carbons (Fsp3) is 0.667. The summed E-state index contributed by atoms with van der Waals surface area (Å²) in [6.45, 7) is 3.17. The molecule has 1 aromatic rings. The molecular formula is C15H22N2O2S. The van der Waals surface area contributed by atoms with Gasteiger partial charge >= 0.3 is 0 Å². The summed E-state index contributed by atoms with van der Waals surface area (Å²) in [4.78, 5) is 18.0. The Kier molecular flexibility index (Phi) is 4.38. The first-order chi connectivity index (χ1) is 9.78. The van der Waals surface area contributed by atoms with Crippen LogP contribution in [0, 0.1) is 0 Å². The lowest BCUT2D eigenvalue weighted by atomic mass is 10.0. The SMILES string of the molecule is O=C(CN1CCCCC1CO)N1CCc2sccc2C1. The van der Waals surface area contributed by atoms with Crippen molar-refractivity contribution in [2.24, 2.45) is 0 Å². The summed E-state index contributed by atoms with van der Waals surface area (Å²) in [6, 6.07) is 2.31. The van der Waals surface area contributed by atoms with Crippen molar-refractivity contribution in [2.45, 2.75) is 38.3 Å². The third-order valence-corrected chi connectivity index (χ3v) is 5.48. The van der Waals surface area contributed by atoms with Crippen molar-refractivity contribution in [3.63, 3.8) is 0 Å². The molecule has 1 saturated heterocycles. The average molecular weight is 294 g/mol. The Balaban J connectivity index is 1.59. The van der Waals surface area contributed by atoms with Crippen molar-refractivity contribution < 1.29 is 9.90 Å².